The van der Waals surface area contributed by atoms with E-state index in [1.54, 1.807) is 47.4 Å². The van der Waals surface area contributed by atoms with E-state index in [2.05, 4.69) is 22.5 Å². The SMILES string of the molecule is CCSc1nc2ccc(NC(=O)c3ccccc3C(=O)NCc3ccccc3)cc2s1. The number of carbonyl (C=O) groups is 2. The van der Waals surface area contributed by atoms with Crippen LogP contribution in [0.5, 0.6) is 0 Å². The molecule has 4 rings (SSSR count). The van der Waals surface area contributed by atoms with Crippen LogP contribution < -0.4 is 10.6 Å². The Labute approximate surface area is 188 Å². The van der Waals surface area contributed by atoms with Gasteiger partial charge in [-0.3, -0.25) is 9.59 Å². The van der Waals surface area contributed by atoms with Gasteiger partial charge in [0.05, 0.1) is 21.3 Å². The molecule has 0 saturated carbocycles. The molecule has 31 heavy (non-hydrogen) atoms. The molecule has 0 saturated heterocycles. The molecule has 4 aromatic rings. The van der Waals surface area contributed by atoms with Gasteiger partial charge in [0.25, 0.3) is 11.8 Å². The van der Waals surface area contributed by atoms with E-state index in [1.807, 2.05) is 48.5 Å². The number of anilines is 1. The highest BCUT2D eigenvalue weighted by Gasteiger charge is 2.17. The Morgan fingerprint density at radius 2 is 1.65 bits per heavy atom. The van der Waals surface area contributed by atoms with Crippen LogP contribution in [0.1, 0.15) is 33.2 Å². The molecule has 156 valence electrons. The Balaban J connectivity index is 1.50. The number of benzene rings is 3. The summed E-state index contributed by atoms with van der Waals surface area (Å²) in [6.07, 6.45) is 0. The van der Waals surface area contributed by atoms with Crippen LogP contribution >= 0.6 is 23.1 Å². The van der Waals surface area contributed by atoms with E-state index in [9.17, 15) is 9.59 Å². The number of carbonyl (C=O) groups excluding carboxylic acids is 2. The van der Waals surface area contributed by atoms with Crippen molar-refractivity contribution in [3.05, 3.63) is 89.5 Å². The van der Waals surface area contributed by atoms with Gasteiger partial charge in [-0.2, -0.15) is 0 Å². The average molecular weight is 448 g/mol. The van der Waals surface area contributed by atoms with E-state index in [4.69, 9.17) is 0 Å². The second kappa shape index (κ2) is 9.76. The van der Waals surface area contributed by atoms with E-state index >= 15 is 0 Å². The summed E-state index contributed by atoms with van der Waals surface area (Å²) in [6, 6.07) is 22.1. The van der Waals surface area contributed by atoms with Crippen molar-refractivity contribution in [1.82, 2.24) is 10.3 Å². The molecular weight excluding hydrogens is 426 g/mol. The van der Waals surface area contributed by atoms with Gasteiger partial charge in [-0.1, -0.05) is 61.2 Å². The number of rotatable bonds is 7. The van der Waals surface area contributed by atoms with E-state index in [-0.39, 0.29) is 11.8 Å². The summed E-state index contributed by atoms with van der Waals surface area (Å²) in [5, 5.41) is 5.80. The maximum atomic E-state index is 12.9. The number of thiazole rings is 1. The van der Waals surface area contributed by atoms with Crippen LogP contribution in [-0.2, 0) is 6.54 Å². The molecule has 2 N–H and O–H groups in total. The predicted molar refractivity (Wildman–Crippen MR) is 128 cm³/mol. The monoisotopic (exact) mass is 447 g/mol. The third kappa shape index (κ3) is 5.13. The van der Waals surface area contributed by atoms with Crippen LogP contribution in [0.2, 0.25) is 0 Å². The highest BCUT2D eigenvalue weighted by Crippen LogP contribution is 2.31. The summed E-state index contributed by atoms with van der Waals surface area (Å²) in [5.74, 6) is 0.359. The molecular formula is C24H21N3O2S2. The lowest BCUT2D eigenvalue weighted by Crippen LogP contribution is -2.26. The Bertz CT molecular complexity index is 1220. The number of aromatic nitrogens is 1. The zero-order valence-corrected chi connectivity index (χ0v) is 18.6. The van der Waals surface area contributed by atoms with Crippen LogP contribution in [0.15, 0.2) is 77.1 Å². The predicted octanol–water partition coefficient (Wildman–Crippen LogP) is 5.59. The minimum Gasteiger partial charge on any atom is -0.348 e. The van der Waals surface area contributed by atoms with Crippen molar-refractivity contribution in [2.45, 2.75) is 17.8 Å². The zero-order valence-electron chi connectivity index (χ0n) is 16.9. The van der Waals surface area contributed by atoms with Crippen molar-refractivity contribution in [2.75, 3.05) is 11.1 Å². The molecule has 2 amide bonds. The first kappa shape index (κ1) is 21.1. The fraction of sp³-hybridized carbons (Fsp3) is 0.125. The van der Waals surface area contributed by atoms with Crippen molar-refractivity contribution < 1.29 is 9.59 Å². The topological polar surface area (TPSA) is 71.1 Å². The van der Waals surface area contributed by atoms with Gasteiger partial charge < -0.3 is 10.6 Å². The summed E-state index contributed by atoms with van der Waals surface area (Å²) < 4.78 is 2.03. The molecule has 1 aromatic heterocycles. The van der Waals surface area contributed by atoms with E-state index in [0.717, 1.165) is 25.9 Å². The number of amides is 2. The molecule has 0 spiro atoms. The van der Waals surface area contributed by atoms with Crippen LogP contribution in [0.3, 0.4) is 0 Å². The molecule has 3 aromatic carbocycles. The molecule has 1 heterocycles. The number of hydrogen-bond acceptors (Lipinski definition) is 5. The lowest BCUT2D eigenvalue weighted by molar-refractivity contribution is 0.0938. The Kier molecular flexibility index (Phi) is 6.64. The van der Waals surface area contributed by atoms with Gasteiger partial charge in [0.1, 0.15) is 0 Å². The van der Waals surface area contributed by atoms with E-state index in [0.29, 0.717) is 23.4 Å². The summed E-state index contributed by atoms with van der Waals surface area (Å²) in [4.78, 5) is 30.3. The molecule has 5 nitrogen and oxygen atoms in total. The fourth-order valence-corrected chi connectivity index (χ4v) is 5.12. The first-order chi connectivity index (χ1) is 15.1. The minimum atomic E-state index is -0.322. The number of thioether (sulfide) groups is 1. The standard InChI is InChI=1S/C24H21N3O2S2/c1-2-30-24-27-20-13-12-17(14-21(20)31-24)26-23(29)19-11-7-6-10-18(19)22(28)25-15-16-8-4-3-5-9-16/h3-14H,2,15H2,1H3,(H,25,28)(H,26,29). The molecule has 0 unspecified atom stereocenters. The van der Waals surface area contributed by atoms with Gasteiger partial charge in [0.2, 0.25) is 0 Å². The van der Waals surface area contributed by atoms with Crippen LogP contribution in [0, 0.1) is 0 Å². The van der Waals surface area contributed by atoms with Gasteiger partial charge in [0, 0.05) is 12.2 Å². The molecule has 0 aliphatic heterocycles. The van der Waals surface area contributed by atoms with Crippen molar-refractivity contribution in [3.8, 4) is 0 Å². The normalized spacial score (nSPS) is 10.7. The van der Waals surface area contributed by atoms with Gasteiger partial charge in [-0.05, 0) is 41.6 Å². The lowest BCUT2D eigenvalue weighted by Gasteiger charge is -2.11. The largest absolute Gasteiger partial charge is 0.348 e. The smallest absolute Gasteiger partial charge is 0.256 e. The van der Waals surface area contributed by atoms with Crippen LogP contribution in [0.4, 0.5) is 5.69 Å². The number of nitrogens with one attached hydrogen (secondary N) is 2. The molecule has 0 atom stereocenters. The van der Waals surface area contributed by atoms with Crippen LogP contribution in [-0.4, -0.2) is 22.6 Å². The Morgan fingerprint density at radius 1 is 0.935 bits per heavy atom. The lowest BCUT2D eigenvalue weighted by atomic mass is 10.1. The quantitative estimate of drug-likeness (QED) is 0.362. The zero-order chi connectivity index (χ0) is 21.6. The maximum absolute atomic E-state index is 12.9. The molecule has 0 aliphatic carbocycles. The first-order valence-corrected chi connectivity index (χ1v) is 11.7. The van der Waals surface area contributed by atoms with Gasteiger partial charge >= 0.3 is 0 Å². The molecule has 0 bridgehead atoms. The highest BCUT2D eigenvalue weighted by molar-refractivity contribution is 8.01. The Morgan fingerprint density at radius 3 is 2.39 bits per heavy atom. The molecule has 0 radical (unpaired) electrons. The van der Waals surface area contributed by atoms with Crippen molar-refractivity contribution in [2.24, 2.45) is 0 Å². The third-order valence-electron chi connectivity index (χ3n) is 4.61. The van der Waals surface area contributed by atoms with Crippen molar-refractivity contribution in [3.63, 3.8) is 0 Å². The number of fused-ring (bicyclic) bond motifs is 1. The molecule has 0 aliphatic rings. The van der Waals surface area contributed by atoms with Crippen molar-refractivity contribution in [1.29, 1.82) is 0 Å². The summed E-state index contributed by atoms with van der Waals surface area (Å²) in [5.41, 5.74) is 3.26. The second-order valence-electron chi connectivity index (χ2n) is 6.76. The maximum Gasteiger partial charge on any atom is 0.256 e. The van der Waals surface area contributed by atoms with Gasteiger partial charge in [-0.15, -0.1) is 11.3 Å². The van der Waals surface area contributed by atoms with Crippen LogP contribution in [0.25, 0.3) is 10.2 Å². The summed E-state index contributed by atoms with van der Waals surface area (Å²) in [6.45, 7) is 2.49. The van der Waals surface area contributed by atoms with E-state index in [1.165, 1.54) is 0 Å². The summed E-state index contributed by atoms with van der Waals surface area (Å²) in [7, 11) is 0. The van der Waals surface area contributed by atoms with E-state index < -0.39 is 0 Å². The number of hydrogen-bond donors (Lipinski definition) is 2. The third-order valence-corrected chi connectivity index (χ3v) is 6.65. The average Bonchev–Trinajstić information content (AvgIpc) is 3.20. The highest BCUT2D eigenvalue weighted by atomic mass is 32.2. The molecule has 0 fully saturated rings. The van der Waals surface area contributed by atoms with Gasteiger partial charge in [0.15, 0.2) is 4.34 Å². The Hall–Kier alpha value is -3.16. The van der Waals surface area contributed by atoms with Crippen molar-refractivity contribution >= 4 is 50.8 Å². The minimum absolute atomic E-state index is 0.284. The fourth-order valence-electron chi connectivity index (χ4n) is 3.12. The first-order valence-electron chi connectivity index (χ1n) is 9.90. The second-order valence-corrected chi connectivity index (χ2v) is 9.31. The molecule has 7 heteroatoms. The number of nitrogens with zero attached hydrogens (tertiary/aromatic N) is 1. The van der Waals surface area contributed by atoms with Gasteiger partial charge in [-0.25, -0.2) is 4.98 Å². The summed E-state index contributed by atoms with van der Waals surface area (Å²) >= 11 is 3.31.